The van der Waals surface area contributed by atoms with E-state index in [2.05, 4.69) is 10.1 Å². The van der Waals surface area contributed by atoms with E-state index in [4.69, 9.17) is 10.3 Å². The lowest BCUT2D eigenvalue weighted by Crippen LogP contribution is -2.30. The van der Waals surface area contributed by atoms with Crippen molar-refractivity contribution in [1.82, 2.24) is 10.1 Å². The Kier molecular flexibility index (Phi) is 3.48. The number of sulfone groups is 1. The molecule has 2 rings (SSSR count). The highest BCUT2D eigenvalue weighted by Gasteiger charge is 2.30. The van der Waals surface area contributed by atoms with Crippen molar-refractivity contribution in [3.05, 3.63) is 11.7 Å². The van der Waals surface area contributed by atoms with Crippen LogP contribution in [-0.4, -0.2) is 29.6 Å². The molecule has 17 heavy (non-hydrogen) atoms. The molecule has 0 saturated carbocycles. The molecule has 2 unspecified atom stereocenters. The zero-order chi connectivity index (χ0) is 12.5. The molecule has 1 aromatic heterocycles. The third-order valence-electron chi connectivity index (χ3n) is 3.00. The van der Waals surface area contributed by atoms with E-state index in [1.165, 1.54) is 0 Å². The van der Waals surface area contributed by atoms with E-state index in [1.807, 2.05) is 0 Å². The molecule has 96 valence electrons. The van der Waals surface area contributed by atoms with Crippen LogP contribution in [0.2, 0.25) is 0 Å². The summed E-state index contributed by atoms with van der Waals surface area (Å²) in [4.78, 5) is 4.10. The van der Waals surface area contributed by atoms with Gasteiger partial charge < -0.3 is 10.3 Å². The summed E-state index contributed by atoms with van der Waals surface area (Å²) in [6, 6.07) is -0.320. The van der Waals surface area contributed by atoms with Crippen LogP contribution in [0.1, 0.15) is 43.9 Å². The highest BCUT2D eigenvalue weighted by molar-refractivity contribution is 7.92. The smallest absolute Gasteiger partial charge is 0.243 e. The van der Waals surface area contributed by atoms with Crippen molar-refractivity contribution in [2.75, 3.05) is 5.75 Å². The SMILES string of the molecule is CC(N)c1nc(CC2CCCCS2(=O)=O)no1. The number of nitrogens with two attached hydrogens (primary N) is 1. The lowest BCUT2D eigenvalue weighted by molar-refractivity contribution is 0.356. The summed E-state index contributed by atoms with van der Waals surface area (Å²) in [6.07, 6.45) is 2.72. The largest absolute Gasteiger partial charge is 0.338 e. The predicted octanol–water partition coefficient (Wildman–Crippen LogP) is 0.599. The minimum absolute atomic E-state index is 0.273. The maximum atomic E-state index is 11.8. The topological polar surface area (TPSA) is 99.1 Å². The highest BCUT2D eigenvalue weighted by Crippen LogP contribution is 2.22. The maximum Gasteiger partial charge on any atom is 0.243 e. The molecule has 0 aliphatic carbocycles. The summed E-state index contributed by atoms with van der Waals surface area (Å²) in [7, 11) is -2.99. The third kappa shape index (κ3) is 2.84. The molecule has 1 aliphatic rings. The van der Waals surface area contributed by atoms with E-state index >= 15 is 0 Å². The minimum atomic E-state index is -2.99. The Hall–Kier alpha value is -0.950. The van der Waals surface area contributed by atoms with Crippen LogP contribution >= 0.6 is 0 Å². The molecule has 1 aliphatic heterocycles. The van der Waals surface area contributed by atoms with Crippen molar-refractivity contribution in [2.45, 2.75) is 43.9 Å². The molecule has 0 bridgehead atoms. The van der Waals surface area contributed by atoms with Crippen molar-refractivity contribution in [1.29, 1.82) is 0 Å². The van der Waals surface area contributed by atoms with Crippen LogP contribution in [0.5, 0.6) is 0 Å². The van der Waals surface area contributed by atoms with Gasteiger partial charge in [-0.3, -0.25) is 0 Å². The quantitative estimate of drug-likeness (QED) is 0.853. The molecule has 2 N–H and O–H groups in total. The standard InChI is InChI=1S/C10H17N3O3S/c1-7(11)10-12-9(13-16-10)6-8-4-2-3-5-17(8,14)15/h7-8H,2-6,11H2,1H3. The number of hydrogen-bond acceptors (Lipinski definition) is 6. The first-order chi connectivity index (χ1) is 7.99. The summed E-state index contributed by atoms with van der Waals surface area (Å²) in [5.41, 5.74) is 5.60. The second-order valence-corrected chi connectivity index (χ2v) is 6.93. The fraction of sp³-hybridized carbons (Fsp3) is 0.800. The van der Waals surface area contributed by atoms with Gasteiger partial charge in [-0.05, 0) is 19.8 Å². The Morgan fingerprint density at radius 1 is 1.53 bits per heavy atom. The molecule has 0 amide bonds. The molecule has 2 heterocycles. The van der Waals surface area contributed by atoms with E-state index in [0.717, 1.165) is 12.8 Å². The first-order valence-corrected chi connectivity index (χ1v) is 7.50. The Bertz CT molecular complexity index is 481. The van der Waals surface area contributed by atoms with Crippen molar-refractivity contribution < 1.29 is 12.9 Å². The lowest BCUT2D eigenvalue weighted by atomic mass is 10.1. The first kappa shape index (κ1) is 12.5. The monoisotopic (exact) mass is 259 g/mol. The van der Waals surface area contributed by atoms with Gasteiger partial charge in [-0.1, -0.05) is 11.6 Å². The van der Waals surface area contributed by atoms with Gasteiger partial charge in [0, 0.05) is 6.42 Å². The van der Waals surface area contributed by atoms with Crippen LogP contribution in [0.15, 0.2) is 4.52 Å². The van der Waals surface area contributed by atoms with Gasteiger partial charge >= 0.3 is 0 Å². The Morgan fingerprint density at radius 2 is 2.29 bits per heavy atom. The first-order valence-electron chi connectivity index (χ1n) is 5.78. The molecule has 0 radical (unpaired) electrons. The zero-order valence-corrected chi connectivity index (χ0v) is 10.6. The highest BCUT2D eigenvalue weighted by atomic mass is 32.2. The van der Waals surface area contributed by atoms with Gasteiger partial charge in [0.2, 0.25) is 5.89 Å². The fourth-order valence-electron chi connectivity index (χ4n) is 1.99. The summed E-state index contributed by atoms with van der Waals surface area (Å²) in [5.74, 6) is 1.07. The average Bonchev–Trinajstić information content (AvgIpc) is 2.70. The van der Waals surface area contributed by atoms with Gasteiger partial charge in [-0.2, -0.15) is 4.98 Å². The molecule has 0 aromatic carbocycles. The van der Waals surface area contributed by atoms with Crippen LogP contribution in [0.4, 0.5) is 0 Å². The number of hydrogen-bond donors (Lipinski definition) is 1. The Balaban J connectivity index is 2.09. The predicted molar refractivity (Wildman–Crippen MR) is 62.0 cm³/mol. The second kappa shape index (κ2) is 4.73. The molecule has 6 nitrogen and oxygen atoms in total. The van der Waals surface area contributed by atoms with Crippen LogP contribution in [0.25, 0.3) is 0 Å². The molecule has 2 atom stereocenters. The van der Waals surface area contributed by atoms with E-state index < -0.39 is 9.84 Å². The van der Waals surface area contributed by atoms with Crippen molar-refractivity contribution in [2.24, 2.45) is 5.73 Å². The van der Waals surface area contributed by atoms with Gasteiger partial charge in [0.25, 0.3) is 0 Å². The summed E-state index contributed by atoms with van der Waals surface area (Å²) in [6.45, 7) is 1.74. The molecule has 0 spiro atoms. The van der Waals surface area contributed by atoms with Gasteiger partial charge in [-0.15, -0.1) is 0 Å². The van der Waals surface area contributed by atoms with Crippen LogP contribution in [0, 0.1) is 0 Å². The van der Waals surface area contributed by atoms with E-state index in [1.54, 1.807) is 6.92 Å². The van der Waals surface area contributed by atoms with Crippen molar-refractivity contribution in [3.63, 3.8) is 0 Å². The van der Waals surface area contributed by atoms with Crippen molar-refractivity contribution in [3.8, 4) is 0 Å². The molecule has 1 saturated heterocycles. The summed E-state index contributed by atoms with van der Waals surface area (Å²) in [5, 5.41) is 3.40. The molecular formula is C10H17N3O3S. The average molecular weight is 259 g/mol. The normalized spacial score (nSPS) is 25.6. The second-order valence-electron chi connectivity index (χ2n) is 4.53. The molecule has 1 fully saturated rings. The Labute approximate surface area is 100 Å². The lowest BCUT2D eigenvalue weighted by Gasteiger charge is -2.20. The van der Waals surface area contributed by atoms with Gasteiger partial charge in [0.15, 0.2) is 15.7 Å². The number of nitrogens with zero attached hydrogens (tertiary/aromatic N) is 2. The third-order valence-corrected chi connectivity index (χ3v) is 5.27. The fourth-order valence-corrected chi connectivity index (χ4v) is 3.86. The number of rotatable bonds is 3. The summed E-state index contributed by atoms with van der Waals surface area (Å²) < 4.78 is 28.6. The maximum absolute atomic E-state index is 11.8. The van der Waals surface area contributed by atoms with Gasteiger partial charge in [-0.25, -0.2) is 8.42 Å². The van der Waals surface area contributed by atoms with Gasteiger partial charge in [0.05, 0.1) is 17.0 Å². The van der Waals surface area contributed by atoms with E-state index in [-0.39, 0.29) is 17.0 Å². The van der Waals surface area contributed by atoms with Crippen molar-refractivity contribution >= 4 is 9.84 Å². The van der Waals surface area contributed by atoms with Gasteiger partial charge in [0.1, 0.15) is 0 Å². The van der Waals surface area contributed by atoms with E-state index in [0.29, 0.717) is 24.6 Å². The molecular weight excluding hydrogens is 242 g/mol. The molecule has 1 aromatic rings. The van der Waals surface area contributed by atoms with Crippen LogP contribution in [-0.2, 0) is 16.3 Å². The zero-order valence-electron chi connectivity index (χ0n) is 9.80. The minimum Gasteiger partial charge on any atom is -0.338 e. The summed E-state index contributed by atoms with van der Waals surface area (Å²) >= 11 is 0. The van der Waals surface area contributed by atoms with Crippen LogP contribution < -0.4 is 5.73 Å². The number of aromatic nitrogens is 2. The molecule has 7 heteroatoms. The van der Waals surface area contributed by atoms with Crippen LogP contribution in [0.3, 0.4) is 0 Å². The van der Waals surface area contributed by atoms with E-state index in [9.17, 15) is 8.42 Å². The Morgan fingerprint density at radius 3 is 2.88 bits per heavy atom.